The second-order valence-corrected chi connectivity index (χ2v) is 7.90. The van der Waals surface area contributed by atoms with Gasteiger partial charge in [-0.1, -0.05) is 0 Å². The van der Waals surface area contributed by atoms with Gasteiger partial charge in [-0.15, -0.1) is 0 Å². The van der Waals surface area contributed by atoms with E-state index in [-0.39, 0.29) is 54.0 Å². The topological polar surface area (TPSA) is 105 Å². The molecule has 1 aromatic heterocycles. The van der Waals surface area contributed by atoms with E-state index in [1.807, 2.05) is 0 Å². The average molecular weight is 456 g/mol. The smallest absolute Gasteiger partial charge is 0.303 e. The number of aliphatic carboxylic acids is 1. The van der Waals surface area contributed by atoms with Gasteiger partial charge in [-0.3, -0.25) is 19.3 Å². The maximum atomic E-state index is 14.2. The van der Waals surface area contributed by atoms with Crippen LogP contribution in [0.2, 0.25) is 0 Å². The van der Waals surface area contributed by atoms with Gasteiger partial charge in [-0.25, -0.2) is 17.9 Å². The van der Waals surface area contributed by atoms with E-state index in [0.717, 1.165) is 24.3 Å². The lowest BCUT2D eigenvalue weighted by Gasteiger charge is -2.44. The van der Waals surface area contributed by atoms with Crippen molar-refractivity contribution in [2.75, 3.05) is 4.90 Å². The van der Waals surface area contributed by atoms with Crippen LogP contribution >= 0.6 is 0 Å². The normalized spacial score (nSPS) is 18.6. The SMILES string of the molecule is O=C(O)CC[C@]12CCC(=O)N1c1cc(F)c(F)cc1-c1nc(=O)c(-c3ccc(F)cc3)nn12. The van der Waals surface area contributed by atoms with Crippen LogP contribution in [0.5, 0.6) is 0 Å². The molecule has 1 N–H and O–H groups in total. The van der Waals surface area contributed by atoms with E-state index in [0.29, 0.717) is 0 Å². The molecular formula is C22H15F3N4O4. The summed E-state index contributed by atoms with van der Waals surface area (Å²) < 4.78 is 42.9. The van der Waals surface area contributed by atoms with Crippen LogP contribution in [0.4, 0.5) is 18.9 Å². The van der Waals surface area contributed by atoms with Gasteiger partial charge in [0.05, 0.1) is 5.69 Å². The molecule has 11 heteroatoms. The Hall–Kier alpha value is -4.02. The molecule has 168 valence electrons. The third-order valence-corrected chi connectivity index (χ3v) is 5.99. The highest BCUT2D eigenvalue weighted by molar-refractivity contribution is 6.01. The number of carboxylic acids is 1. The molecule has 8 nitrogen and oxygen atoms in total. The second-order valence-electron chi connectivity index (χ2n) is 7.90. The molecule has 2 aromatic carbocycles. The minimum atomic E-state index is -1.39. The number of carbonyl (C=O) groups excluding carboxylic acids is 1. The predicted molar refractivity (Wildman–Crippen MR) is 109 cm³/mol. The van der Waals surface area contributed by atoms with Crippen LogP contribution in [-0.2, 0) is 15.3 Å². The predicted octanol–water partition coefficient (Wildman–Crippen LogP) is 3.05. The lowest BCUT2D eigenvalue weighted by molar-refractivity contribution is -0.137. The second kappa shape index (κ2) is 7.26. The summed E-state index contributed by atoms with van der Waals surface area (Å²) >= 11 is 0. The zero-order valence-corrected chi connectivity index (χ0v) is 16.9. The summed E-state index contributed by atoms with van der Waals surface area (Å²) in [5.74, 6) is -4.61. The first-order chi connectivity index (χ1) is 15.7. The highest BCUT2D eigenvalue weighted by Gasteiger charge is 2.53. The van der Waals surface area contributed by atoms with Crippen molar-refractivity contribution >= 4 is 17.6 Å². The molecule has 0 bridgehead atoms. The lowest BCUT2D eigenvalue weighted by atomic mass is 9.95. The molecule has 0 unspecified atom stereocenters. The Morgan fingerprint density at radius 1 is 1.09 bits per heavy atom. The van der Waals surface area contributed by atoms with E-state index >= 15 is 0 Å². The van der Waals surface area contributed by atoms with Gasteiger partial charge in [0.2, 0.25) is 5.91 Å². The van der Waals surface area contributed by atoms with Gasteiger partial charge in [-0.05, 0) is 30.3 Å². The number of fused-ring (bicyclic) bond motifs is 6. The Labute approximate surface area is 183 Å². The van der Waals surface area contributed by atoms with Crippen LogP contribution in [-0.4, -0.2) is 31.7 Å². The van der Waals surface area contributed by atoms with Gasteiger partial charge in [0.1, 0.15) is 11.5 Å². The molecule has 1 saturated heterocycles. The van der Waals surface area contributed by atoms with Gasteiger partial charge in [0, 0.05) is 42.9 Å². The number of carboxylic acid groups (broad SMARTS) is 1. The molecule has 0 spiro atoms. The minimum Gasteiger partial charge on any atom is -0.481 e. The highest BCUT2D eigenvalue weighted by atomic mass is 19.2. The van der Waals surface area contributed by atoms with E-state index in [9.17, 15) is 32.7 Å². The summed E-state index contributed by atoms with van der Waals surface area (Å²) in [7, 11) is 0. The van der Waals surface area contributed by atoms with Gasteiger partial charge < -0.3 is 5.11 Å². The van der Waals surface area contributed by atoms with Crippen molar-refractivity contribution in [2.45, 2.75) is 31.3 Å². The monoisotopic (exact) mass is 456 g/mol. The molecule has 33 heavy (non-hydrogen) atoms. The van der Waals surface area contributed by atoms with E-state index in [1.165, 1.54) is 21.7 Å². The van der Waals surface area contributed by atoms with Crippen molar-refractivity contribution in [2.24, 2.45) is 0 Å². The number of hydrogen-bond acceptors (Lipinski definition) is 5. The summed E-state index contributed by atoms with van der Waals surface area (Å²) in [5, 5.41) is 13.7. The molecular weight excluding hydrogens is 441 g/mol. The number of anilines is 1. The number of carbonyl (C=O) groups is 2. The zero-order valence-electron chi connectivity index (χ0n) is 16.9. The van der Waals surface area contributed by atoms with Gasteiger partial charge in [0.25, 0.3) is 5.56 Å². The standard InChI is InChI=1S/C22H15F3N4O4/c23-12-3-1-11(2-4-12)19-21(33)26-20-13-9-14(24)15(25)10-16(13)28-17(30)5-7-22(28,29(20)27-19)8-6-18(31)32/h1-4,9-10H,5-8H2,(H,31,32)/t22-/m1/s1. The molecule has 2 aliphatic heterocycles. The van der Waals surface area contributed by atoms with Crippen LogP contribution in [0.25, 0.3) is 22.6 Å². The number of hydrogen-bond donors (Lipinski definition) is 1. The van der Waals surface area contributed by atoms with Gasteiger partial charge in [0.15, 0.2) is 23.2 Å². The zero-order chi connectivity index (χ0) is 23.5. The molecule has 1 atom stereocenters. The Balaban J connectivity index is 1.83. The van der Waals surface area contributed by atoms with Gasteiger partial charge >= 0.3 is 5.97 Å². The van der Waals surface area contributed by atoms with Crippen LogP contribution in [0.15, 0.2) is 41.2 Å². The first-order valence-electron chi connectivity index (χ1n) is 10.0. The van der Waals surface area contributed by atoms with Crippen molar-refractivity contribution < 1.29 is 27.9 Å². The van der Waals surface area contributed by atoms with Crippen LogP contribution in [0.1, 0.15) is 25.7 Å². The van der Waals surface area contributed by atoms with E-state index in [4.69, 9.17) is 0 Å². The van der Waals surface area contributed by atoms with E-state index in [2.05, 4.69) is 10.1 Å². The summed E-state index contributed by atoms with van der Waals surface area (Å²) in [4.78, 5) is 42.4. The largest absolute Gasteiger partial charge is 0.481 e. The number of benzene rings is 2. The van der Waals surface area contributed by atoms with Crippen molar-refractivity contribution in [1.29, 1.82) is 0 Å². The van der Waals surface area contributed by atoms with Crippen LogP contribution < -0.4 is 10.5 Å². The molecule has 3 heterocycles. The van der Waals surface area contributed by atoms with E-state index in [1.54, 1.807) is 0 Å². The highest BCUT2D eigenvalue weighted by Crippen LogP contribution is 2.50. The molecule has 1 amide bonds. The quantitative estimate of drug-likeness (QED) is 0.647. The molecule has 0 aliphatic carbocycles. The number of nitrogens with zero attached hydrogens (tertiary/aromatic N) is 4. The van der Waals surface area contributed by atoms with Crippen LogP contribution in [0.3, 0.4) is 0 Å². The van der Waals surface area contributed by atoms with Crippen molar-refractivity contribution in [1.82, 2.24) is 14.8 Å². The first kappa shape index (κ1) is 20.9. The summed E-state index contributed by atoms with van der Waals surface area (Å²) in [6, 6.07) is 6.61. The minimum absolute atomic E-state index is 0.00280. The third kappa shape index (κ3) is 3.11. The Morgan fingerprint density at radius 3 is 2.48 bits per heavy atom. The molecule has 0 radical (unpaired) electrons. The Bertz CT molecular complexity index is 1390. The fourth-order valence-electron chi connectivity index (χ4n) is 4.51. The lowest BCUT2D eigenvalue weighted by Crippen LogP contribution is -2.53. The Morgan fingerprint density at radius 2 is 1.79 bits per heavy atom. The molecule has 2 aliphatic rings. The molecule has 1 fully saturated rings. The van der Waals surface area contributed by atoms with Crippen molar-refractivity contribution in [3.8, 4) is 22.6 Å². The number of aromatic nitrogens is 3. The Kier molecular flexibility index (Phi) is 4.59. The average Bonchev–Trinajstić information content (AvgIpc) is 3.12. The van der Waals surface area contributed by atoms with Gasteiger partial charge in [-0.2, -0.15) is 10.1 Å². The van der Waals surface area contributed by atoms with Crippen molar-refractivity contribution in [3.63, 3.8) is 0 Å². The number of amides is 1. The maximum absolute atomic E-state index is 14.2. The molecule has 3 aromatic rings. The van der Waals surface area contributed by atoms with Crippen LogP contribution in [0, 0.1) is 17.5 Å². The molecule has 0 saturated carbocycles. The number of rotatable bonds is 4. The summed E-state index contributed by atoms with van der Waals surface area (Å²) in [5.41, 5.74) is -2.12. The van der Waals surface area contributed by atoms with E-state index < -0.39 is 40.6 Å². The fraction of sp³-hybridized carbons (Fsp3) is 0.227. The third-order valence-electron chi connectivity index (χ3n) is 5.99. The maximum Gasteiger partial charge on any atom is 0.303 e. The summed E-state index contributed by atoms with van der Waals surface area (Å²) in [6.07, 6.45) is -0.357. The fourth-order valence-corrected chi connectivity index (χ4v) is 4.51. The van der Waals surface area contributed by atoms with Crippen molar-refractivity contribution in [3.05, 3.63) is 64.2 Å². The number of halogens is 3. The summed E-state index contributed by atoms with van der Waals surface area (Å²) in [6.45, 7) is 0. The first-order valence-corrected chi connectivity index (χ1v) is 10.0. The molecule has 5 rings (SSSR count).